The minimum absolute atomic E-state index is 0.00840. The van der Waals surface area contributed by atoms with Gasteiger partial charge in [-0.05, 0) is 61.2 Å². The Kier molecular flexibility index (Phi) is 7.22. The highest BCUT2D eigenvalue weighted by Gasteiger charge is 2.22. The van der Waals surface area contributed by atoms with Crippen molar-refractivity contribution in [3.8, 4) is 5.75 Å². The quantitative estimate of drug-likeness (QED) is 0.688. The van der Waals surface area contributed by atoms with Crippen molar-refractivity contribution in [2.45, 2.75) is 56.5 Å². The van der Waals surface area contributed by atoms with E-state index in [1.807, 2.05) is 12.1 Å². The summed E-state index contributed by atoms with van der Waals surface area (Å²) >= 11 is 0. The average Bonchev–Trinajstić information content (AvgIpc) is 2.72. The van der Waals surface area contributed by atoms with Gasteiger partial charge in [0.05, 0.1) is 4.90 Å². The number of hydrogen-bond acceptors (Lipinski definition) is 5. The molecule has 1 aromatic heterocycles. The second-order valence-corrected chi connectivity index (χ2v) is 9.02. The van der Waals surface area contributed by atoms with Gasteiger partial charge in [-0.25, -0.2) is 13.1 Å². The van der Waals surface area contributed by atoms with E-state index in [4.69, 9.17) is 4.74 Å². The molecule has 0 unspecified atom stereocenters. The van der Waals surface area contributed by atoms with Crippen molar-refractivity contribution >= 4 is 15.9 Å². The molecule has 1 aliphatic carbocycles. The van der Waals surface area contributed by atoms with Gasteiger partial charge in [0.2, 0.25) is 10.0 Å². The maximum atomic E-state index is 12.6. The third-order valence-corrected chi connectivity index (χ3v) is 6.50. The molecule has 2 N–H and O–H groups in total. The zero-order valence-corrected chi connectivity index (χ0v) is 17.4. The van der Waals surface area contributed by atoms with E-state index in [2.05, 4.69) is 15.0 Å². The second kappa shape index (κ2) is 9.84. The predicted octanol–water partition coefficient (Wildman–Crippen LogP) is 2.70. The first-order valence-corrected chi connectivity index (χ1v) is 11.3. The second-order valence-electron chi connectivity index (χ2n) is 7.30. The summed E-state index contributed by atoms with van der Waals surface area (Å²) in [6.07, 6.45) is 8.38. The number of aromatic nitrogens is 1. The molecule has 1 aliphatic rings. The third-order valence-electron chi connectivity index (χ3n) is 4.98. The molecular formula is C21H27N3O4S. The van der Waals surface area contributed by atoms with E-state index in [-0.39, 0.29) is 23.5 Å². The maximum Gasteiger partial charge on any atom is 0.258 e. The van der Waals surface area contributed by atoms with Crippen molar-refractivity contribution < 1.29 is 17.9 Å². The molecule has 1 heterocycles. The molecule has 1 amide bonds. The van der Waals surface area contributed by atoms with Crippen LogP contribution in [0, 0.1) is 6.92 Å². The van der Waals surface area contributed by atoms with Crippen LogP contribution in [-0.2, 0) is 21.4 Å². The van der Waals surface area contributed by atoms with Crippen LogP contribution in [0.2, 0.25) is 0 Å². The molecule has 8 heteroatoms. The van der Waals surface area contributed by atoms with E-state index in [9.17, 15) is 13.2 Å². The summed E-state index contributed by atoms with van der Waals surface area (Å²) in [6.45, 7) is 2.02. The van der Waals surface area contributed by atoms with E-state index in [1.54, 1.807) is 31.5 Å². The lowest BCUT2D eigenvalue weighted by molar-refractivity contribution is -0.123. The monoisotopic (exact) mass is 417 g/mol. The lowest BCUT2D eigenvalue weighted by atomic mass is 9.96. The Hall–Kier alpha value is -2.45. The number of ether oxygens (including phenoxy) is 1. The first-order valence-electron chi connectivity index (χ1n) is 9.85. The summed E-state index contributed by atoms with van der Waals surface area (Å²) in [7, 11) is -3.56. The molecule has 0 spiro atoms. The fraction of sp³-hybridized carbons (Fsp3) is 0.429. The summed E-state index contributed by atoms with van der Waals surface area (Å²) in [5, 5.41) is 2.77. The van der Waals surface area contributed by atoms with Crippen LogP contribution in [0.5, 0.6) is 5.75 Å². The summed E-state index contributed by atoms with van der Waals surface area (Å²) < 4.78 is 33.6. The molecule has 156 valence electrons. The standard InChI is InChI=1S/C21H27N3O4S/c1-16-13-19(29(26,27)24-18-5-3-2-4-6-18)7-8-20(16)28-15-21(25)23-14-17-9-11-22-12-10-17/h7-13,18,24H,2-6,14-15H2,1H3,(H,23,25). The van der Waals surface area contributed by atoms with Gasteiger partial charge in [0.1, 0.15) is 5.75 Å². The van der Waals surface area contributed by atoms with Gasteiger partial charge >= 0.3 is 0 Å². The van der Waals surface area contributed by atoms with Gasteiger partial charge in [0, 0.05) is 25.0 Å². The van der Waals surface area contributed by atoms with Gasteiger partial charge in [-0.15, -0.1) is 0 Å². The molecule has 0 radical (unpaired) electrons. The van der Waals surface area contributed by atoms with Crippen LogP contribution < -0.4 is 14.8 Å². The number of aryl methyl sites for hydroxylation is 1. The van der Waals surface area contributed by atoms with Gasteiger partial charge in [0.25, 0.3) is 5.91 Å². The van der Waals surface area contributed by atoms with E-state index < -0.39 is 10.0 Å². The Morgan fingerprint density at radius 2 is 1.86 bits per heavy atom. The molecule has 1 aromatic carbocycles. The number of nitrogens with zero attached hydrogens (tertiary/aromatic N) is 1. The molecule has 1 fully saturated rings. The first kappa shape index (κ1) is 21.3. The van der Waals surface area contributed by atoms with Crippen molar-refractivity contribution in [3.63, 3.8) is 0 Å². The highest BCUT2D eigenvalue weighted by atomic mass is 32.2. The smallest absolute Gasteiger partial charge is 0.258 e. The molecule has 2 aromatic rings. The molecule has 29 heavy (non-hydrogen) atoms. The molecule has 3 rings (SSSR count). The lowest BCUT2D eigenvalue weighted by Crippen LogP contribution is -2.36. The maximum absolute atomic E-state index is 12.6. The van der Waals surface area contributed by atoms with Gasteiger partial charge < -0.3 is 10.1 Å². The van der Waals surface area contributed by atoms with Gasteiger partial charge in [-0.2, -0.15) is 0 Å². The number of rotatable bonds is 8. The Morgan fingerprint density at radius 3 is 2.55 bits per heavy atom. The van der Waals surface area contributed by atoms with Gasteiger partial charge in [0.15, 0.2) is 6.61 Å². The van der Waals surface area contributed by atoms with E-state index in [0.29, 0.717) is 17.9 Å². The van der Waals surface area contributed by atoms with E-state index in [1.165, 1.54) is 12.5 Å². The van der Waals surface area contributed by atoms with Crippen molar-refractivity contribution in [2.24, 2.45) is 0 Å². The SMILES string of the molecule is Cc1cc(S(=O)(=O)NC2CCCCC2)ccc1OCC(=O)NCc1ccncc1. The lowest BCUT2D eigenvalue weighted by Gasteiger charge is -2.22. The van der Waals surface area contributed by atoms with Crippen molar-refractivity contribution in [1.82, 2.24) is 15.0 Å². The van der Waals surface area contributed by atoms with E-state index >= 15 is 0 Å². The van der Waals surface area contributed by atoms with Crippen LogP contribution in [0.1, 0.15) is 43.2 Å². The minimum Gasteiger partial charge on any atom is -0.484 e. The van der Waals surface area contributed by atoms with Crippen LogP contribution in [0.4, 0.5) is 0 Å². The highest BCUT2D eigenvalue weighted by Crippen LogP contribution is 2.24. The third kappa shape index (κ3) is 6.27. The average molecular weight is 418 g/mol. The zero-order chi connectivity index (χ0) is 20.7. The minimum atomic E-state index is -3.56. The fourth-order valence-electron chi connectivity index (χ4n) is 3.35. The Balaban J connectivity index is 1.54. The van der Waals surface area contributed by atoms with Gasteiger partial charge in [-0.3, -0.25) is 9.78 Å². The number of benzene rings is 1. The molecule has 7 nitrogen and oxygen atoms in total. The van der Waals surface area contributed by atoms with Crippen LogP contribution in [0.25, 0.3) is 0 Å². The number of hydrogen-bond donors (Lipinski definition) is 2. The molecular weight excluding hydrogens is 390 g/mol. The van der Waals surface area contributed by atoms with Crippen LogP contribution >= 0.6 is 0 Å². The van der Waals surface area contributed by atoms with Crippen LogP contribution in [0.3, 0.4) is 0 Å². The summed E-state index contributed by atoms with van der Waals surface area (Å²) in [5.41, 5.74) is 1.61. The summed E-state index contributed by atoms with van der Waals surface area (Å²) in [4.78, 5) is 16.1. The molecule has 0 saturated heterocycles. The topological polar surface area (TPSA) is 97.4 Å². The highest BCUT2D eigenvalue weighted by molar-refractivity contribution is 7.89. The van der Waals surface area contributed by atoms with E-state index in [0.717, 1.165) is 31.2 Å². The van der Waals surface area contributed by atoms with Crippen LogP contribution in [-0.4, -0.2) is 32.0 Å². The number of amides is 1. The van der Waals surface area contributed by atoms with Crippen molar-refractivity contribution in [2.75, 3.05) is 6.61 Å². The number of nitrogens with one attached hydrogen (secondary N) is 2. The zero-order valence-electron chi connectivity index (χ0n) is 16.6. The number of pyridine rings is 1. The Labute approximate surface area is 171 Å². The van der Waals surface area contributed by atoms with Gasteiger partial charge in [-0.1, -0.05) is 19.3 Å². The molecule has 0 aliphatic heterocycles. The summed E-state index contributed by atoms with van der Waals surface area (Å²) in [6, 6.07) is 8.35. The van der Waals surface area contributed by atoms with Crippen molar-refractivity contribution in [1.29, 1.82) is 0 Å². The number of carbonyl (C=O) groups is 1. The fourth-order valence-corrected chi connectivity index (χ4v) is 4.74. The summed E-state index contributed by atoms with van der Waals surface area (Å²) in [5.74, 6) is 0.234. The van der Waals surface area contributed by atoms with Crippen molar-refractivity contribution in [3.05, 3.63) is 53.9 Å². The Morgan fingerprint density at radius 1 is 1.14 bits per heavy atom. The largest absolute Gasteiger partial charge is 0.484 e. The number of carbonyl (C=O) groups excluding carboxylic acids is 1. The predicted molar refractivity (Wildman–Crippen MR) is 110 cm³/mol. The molecule has 0 bridgehead atoms. The number of sulfonamides is 1. The molecule has 1 saturated carbocycles. The first-order chi connectivity index (χ1) is 13.9. The van der Waals surface area contributed by atoms with Crippen LogP contribution in [0.15, 0.2) is 47.6 Å². The normalized spacial score (nSPS) is 15.1. The Bertz CT molecular complexity index is 926. The molecule has 0 atom stereocenters.